The molecule has 0 atom stereocenters. The average molecular weight is 305 g/mol. The van der Waals surface area contributed by atoms with Gasteiger partial charge in [0.2, 0.25) is 0 Å². The predicted octanol–water partition coefficient (Wildman–Crippen LogP) is 1.29. The quantitative estimate of drug-likeness (QED) is 0.477. The molecule has 1 aliphatic heterocycles. The number of carbonyl (C=O) groups is 4. The summed E-state index contributed by atoms with van der Waals surface area (Å²) in [6, 6.07) is 1.18. The number of aryl methyl sites for hydroxylation is 1. The molecule has 1 saturated heterocycles. The number of hydrogen-bond acceptors (Lipinski definition) is 4. The van der Waals surface area contributed by atoms with E-state index in [4.69, 9.17) is 0 Å². The summed E-state index contributed by atoms with van der Waals surface area (Å²) in [6.45, 7) is 7.32. The molecule has 22 heavy (non-hydrogen) atoms. The Labute approximate surface area is 128 Å². The Morgan fingerprint density at radius 1 is 1.14 bits per heavy atom. The molecule has 0 aliphatic carbocycles. The van der Waals surface area contributed by atoms with Crippen LogP contribution < -0.4 is 0 Å². The van der Waals surface area contributed by atoms with E-state index in [1.54, 1.807) is 6.07 Å². The third-order valence-corrected chi connectivity index (χ3v) is 3.85. The lowest BCUT2D eigenvalue weighted by Crippen LogP contribution is -2.36. The van der Waals surface area contributed by atoms with Gasteiger partial charge in [-0.25, -0.2) is 9.69 Å². The number of Topliss-reactive ketones (excluding diaryl/α,β-unsaturated/α-hetero) is 1. The maximum absolute atomic E-state index is 12.4. The van der Waals surface area contributed by atoms with Crippen LogP contribution in [0.3, 0.4) is 0 Å². The summed E-state index contributed by atoms with van der Waals surface area (Å²) in [6.07, 6.45) is 0. The number of amides is 4. The second-order valence-electron chi connectivity index (χ2n) is 5.71. The fraction of sp³-hybridized carbons (Fsp3) is 0.467. The van der Waals surface area contributed by atoms with Crippen LogP contribution in [0.5, 0.6) is 0 Å². The molecule has 2 heterocycles. The number of rotatable bonds is 4. The molecule has 0 aromatic carbocycles. The van der Waals surface area contributed by atoms with Gasteiger partial charge in [-0.15, -0.1) is 0 Å². The van der Waals surface area contributed by atoms with E-state index < -0.39 is 24.4 Å². The minimum absolute atomic E-state index is 0.198. The van der Waals surface area contributed by atoms with E-state index in [1.165, 1.54) is 7.05 Å². The van der Waals surface area contributed by atoms with Gasteiger partial charge >= 0.3 is 17.8 Å². The van der Waals surface area contributed by atoms with Gasteiger partial charge in [0.1, 0.15) is 0 Å². The van der Waals surface area contributed by atoms with Crippen molar-refractivity contribution in [2.24, 2.45) is 0 Å². The summed E-state index contributed by atoms with van der Waals surface area (Å²) in [5.74, 6) is -2.23. The lowest BCUT2D eigenvalue weighted by Gasteiger charge is -2.14. The van der Waals surface area contributed by atoms with Gasteiger partial charge in [0.25, 0.3) is 0 Å². The molecule has 1 aromatic rings. The van der Waals surface area contributed by atoms with Crippen LogP contribution >= 0.6 is 0 Å². The molecular weight excluding hydrogens is 286 g/mol. The van der Waals surface area contributed by atoms with Crippen LogP contribution in [-0.4, -0.2) is 51.6 Å². The molecule has 4 amide bonds. The highest BCUT2D eigenvalue weighted by molar-refractivity contribution is 6.45. The van der Waals surface area contributed by atoms with E-state index in [-0.39, 0.29) is 11.8 Å². The van der Waals surface area contributed by atoms with Crippen molar-refractivity contribution in [3.63, 3.8) is 0 Å². The predicted molar refractivity (Wildman–Crippen MR) is 78.5 cm³/mol. The molecule has 7 heteroatoms. The molecule has 1 aromatic heterocycles. The zero-order valence-electron chi connectivity index (χ0n) is 13.3. The van der Waals surface area contributed by atoms with Gasteiger partial charge in [0.15, 0.2) is 5.78 Å². The Bertz CT molecular complexity index is 687. The van der Waals surface area contributed by atoms with Gasteiger partial charge in [0, 0.05) is 30.0 Å². The number of hydrogen-bond donors (Lipinski definition) is 0. The Hall–Kier alpha value is -2.44. The monoisotopic (exact) mass is 305 g/mol. The molecule has 0 N–H and O–H groups in total. The summed E-state index contributed by atoms with van der Waals surface area (Å²) < 4.78 is 2.01. The fourth-order valence-corrected chi connectivity index (χ4v) is 2.84. The Morgan fingerprint density at radius 3 is 2.14 bits per heavy atom. The second kappa shape index (κ2) is 5.40. The average Bonchev–Trinajstić information content (AvgIpc) is 2.83. The zero-order valence-corrected chi connectivity index (χ0v) is 13.3. The van der Waals surface area contributed by atoms with E-state index in [0.717, 1.165) is 11.4 Å². The van der Waals surface area contributed by atoms with Crippen LogP contribution in [-0.2, 0) is 9.59 Å². The zero-order chi connectivity index (χ0) is 16.8. The minimum Gasteiger partial charge on any atom is -0.346 e. The van der Waals surface area contributed by atoms with Crippen molar-refractivity contribution in [3.8, 4) is 0 Å². The van der Waals surface area contributed by atoms with Crippen LogP contribution in [0.15, 0.2) is 6.07 Å². The van der Waals surface area contributed by atoms with E-state index >= 15 is 0 Å². The molecule has 7 nitrogen and oxygen atoms in total. The summed E-state index contributed by atoms with van der Waals surface area (Å²) >= 11 is 0. The lowest BCUT2D eigenvalue weighted by molar-refractivity contribution is -0.142. The molecule has 0 unspecified atom stereocenters. The topological polar surface area (TPSA) is 79.7 Å². The van der Waals surface area contributed by atoms with Crippen molar-refractivity contribution in [2.75, 3.05) is 13.6 Å². The van der Waals surface area contributed by atoms with Crippen LogP contribution in [0.1, 0.15) is 41.6 Å². The summed E-state index contributed by atoms with van der Waals surface area (Å²) in [4.78, 5) is 48.8. The number of nitrogens with zero attached hydrogens (tertiary/aromatic N) is 3. The standard InChI is InChI=1S/C15H19N3O4/c1-8(2)18-9(3)6-11(10(18)4)12(19)7-17-14(21)13(20)16(5)15(17)22/h6,8H,7H2,1-5H3. The van der Waals surface area contributed by atoms with Crippen LogP contribution in [0, 0.1) is 13.8 Å². The number of carbonyl (C=O) groups excluding carboxylic acids is 4. The normalized spacial score (nSPS) is 15.5. The first-order chi connectivity index (χ1) is 10.2. The van der Waals surface area contributed by atoms with Gasteiger partial charge in [-0.2, -0.15) is 0 Å². The summed E-state index contributed by atoms with van der Waals surface area (Å²) in [7, 11) is 1.22. The Morgan fingerprint density at radius 2 is 1.73 bits per heavy atom. The van der Waals surface area contributed by atoms with Gasteiger partial charge < -0.3 is 4.57 Å². The number of likely N-dealkylation sites (N-methyl/N-ethyl adjacent to an activating group) is 1. The number of ketones is 1. The molecule has 0 radical (unpaired) electrons. The maximum atomic E-state index is 12.4. The van der Waals surface area contributed by atoms with Crippen molar-refractivity contribution in [1.29, 1.82) is 0 Å². The van der Waals surface area contributed by atoms with E-state index in [1.807, 2.05) is 32.3 Å². The van der Waals surface area contributed by atoms with Crippen LogP contribution in [0.2, 0.25) is 0 Å². The highest BCUT2D eigenvalue weighted by atomic mass is 16.2. The molecule has 0 saturated carbocycles. The maximum Gasteiger partial charge on any atom is 0.334 e. The van der Waals surface area contributed by atoms with Gasteiger partial charge in [-0.3, -0.25) is 19.3 Å². The number of imide groups is 2. The number of urea groups is 1. The van der Waals surface area contributed by atoms with Crippen molar-refractivity contribution in [2.45, 2.75) is 33.7 Å². The summed E-state index contributed by atoms with van der Waals surface area (Å²) in [5, 5.41) is 0. The fourth-order valence-electron chi connectivity index (χ4n) is 2.84. The largest absolute Gasteiger partial charge is 0.346 e. The van der Waals surface area contributed by atoms with E-state index in [9.17, 15) is 19.2 Å². The van der Waals surface area contributed by atoms with Crippen molar-refractivity contribution in [3.05, 3.63) is 23.0 Å². The van der Waals surface area contributed by atoms with E-state index in [0.29, 0.717) is 15.4 Å². The first-order valence-electron chi connectivity index (χ1n) is 7.02. The highest BCUT2D eigenvalue weighted by Gasteiger charge is 2.43. The summed E-state index contributed by atoms with van der Waals surface area (Å²) in [5.41, 5.74) is 2.19. The van der Waals surface area contributed by atoms with Crippen LogP contribution in [0.25, 0.3) is 0 Å². The minimum atomic E-state index is -0.960. The van der Waals surface area contributed by atoms with Gasteiger partial charge in [-0.05, 0) is 33.8 Å². The smallest absolute Gasteiger partial charge is 0.334 e. The SMILES string of the molecule is Cc1cc(C(=O)CN2C(=O)C(=O)N(C)C2=O)c(C)n1C(C)C. The molecule has 118 valence electrons. The molecule has 0 bridgehead atoms. The number of aromatic nitrogens is 1. The lowest BCUT2D eigenvalue weighted by atomic mass is 10.1. The third-order valence-electron chi connectivity index (χ3n) is 3.85. The van der Waals surface area contributed by atoms with Crippen molar-refractivity contribution in [1.82, 2.24) is 14.4 Å². The first kappa shape index (κ1) is 15.9. The van der Waals surface area contributed by atoms with Gasteiger partial charge in [-0.1, -0.05) is 0 Å². The van der Waals surface area contributed by atoms with Gasteiger partial charge in [0.05, 0.1) is 6.54 Å². The first-order valence-corrected chi connectivity index (χ1v) is 7.02. The highest BCUT2D eigenvalue weighted by Crippen LogP contribution is 2.21. The van der Waals surface area contributed by atoms with Crippen LogP contribution in [0.4, 0.5) is 4.79 Å². The molecule has 2 rings (SSSR count). The molecular formula is C15H19N3O4. The Balaban J connectivity index is 2.28. The second-order valence-corrected chi connectivity index (χ2v) is 5.71. The molecule has 1 aliphatic rings. The van der Waals surface area contributed by atoms with E-state index in [2.05, 4.69) is 0 Å². The Kier molecular flexibility index (Phi) is 3.91. The molecule has 0 spiro atoms. The van der Waals surface area contributed by atoms with Crippen molar-refractivity contribution < 1.29 is 19.2 Å². The van der Waals surface area contributed by atoms with Crippen molar-refractivity contribution >= 4 is 23.6 Å². The molecule has 1 fully saturated rings. The third kappa shape index (κ3) is 2.32.